The van der Waals surface area contributed by atoms with Crippen LogP contribution in [0.1, 0.15) is 26.2 Å². The molecule has 0 aliphatic heterocycles. The summed E-state index contributed by atoms with van der Waals surface area (Å²) in [5.74, 6) is 0.740. The first-order valence-electron chi connectivity index (χ1n) is 9.29. The highest BCUT2D eigenvalue weighted by Gasteiger charge is 2.14. The maximum absolute atomic E-state index is 10.4. The molecule has 0 spiro atoms. The quantitative estimate of drug-likeness (QED) is 0.578. The largest absolute Gasteiger partial charge is 0.491 e. The molecule has 26 heavy (non-hydrogen) atoms. The topological polar surface area (TPSA) is 63.2 Å². The van der Waals surface area contributed by atoms with Gasteiger partial charge in [0.2, 0.25) is 5.62 Å². The van der Waals surface area contributed by atoms with E-state index in [1.807, 2.05) is 63.7 Å². The molecule has 5 nitrogen and oxygen atoms in total. The minimum absolute atomic E-state index is 0.200. The Kier molecular flexibility index (Phi) is 6.12. The van der Waals surface area contributed by atoms with Gasteiger partial charge in [-0.25, -0.2) is 0 Å². The van der Waals surface area contributed by atoms with Crippen LogP contribution in [-0.2, 0) is 13.1 Å². The highest BCUT2D eigenvalue weighted by atomic mass is 16.5. The number of fused-ring (bicyclic) bond motifs is 1. The van der Waals surface area contributed by atoms with Gasteiger partial charge in [-0.05, 0) is 30.7 Å². The molecule has 1 aromatic heterocycles. The molecule has 3 rings (SSSR count). The fourth-order valence-electron chi connectivity index (χ4n) is 3.20. The van der Waals surface area contributed by atoms with Crippen molar-refractivity contribution in [1.29, 1.82) is 5.41 Å². The molecule has 0 saturated carbocycles. The van der Waals surface area contributed by atoms with Crippen LogP contribution in [0.4, 0.5) is 0 Å². The van der Waals surface area contributed by atoms with Crippen LogP contribution in [0.15, 0.2) is 54.6 Å². The summed E-state index contributed by atoms with van der Waals surface area (Å²) >= 11 is 0. The van der Waals surface area contributed by atoms with Crippen molar-refractivity contribution in [2.24, 2.45) is 0 Å². The highest BCUT2D eigenvalue weighted by Crippen LogP contribution is 2.15. The molecule has 0 radical (unpaired) electrons. The second-order valence-electron chi connectivity index (χ2n) is 6.56. The lowest BCUT2D eigenvalue weighted by Gasteiger charge is -2.13. The van der Waals surface area contributed by atoms with Crippen LogP contribution >= 0.6 is 0 Å². The second kappa shape index (κ2) is 8.72. The molecule has 0 saturated heterocycles. The number of para-hydroxylation sites is 3. The Hall–Kier alpha value is -2.53. The molecule has 0 fully saturated rings. The minimum atomic E-state index is -0.681. The zero-order valence-corrected chi connectivity index (χ0v) is 15.3. The zero-order chi connectivity index (χ0) is 18.4. The van der Waals surface area contributed by atoms with E-state index in [0.29, 0.717) is 12.2 Å². The lowest BCUT2D eigenvalue weighted by Crippen LogP contribution is -2.31. The third-order valence-corrected chi connectivity index (χ3v) is 4.54. The number of rotatable bonds is 9. The van der Waals surface area contributed by atoms with Crippen molar-refractivity contribution in [2.75, 3.05) is 6.61 Å². The average molecular weight is 353 g/mol. The third-order valence-electron chi connectivity index (χ3n) is 4.54. The maximum Gasteiger partial charge on any atom is 0.203 e. The van der Waals surface area contributed by atoms with Gasteiger partial charge in [0.15, 0.2) is 0 Å². The number of benzene rings is 2. The molecule has 0 aliphatic carbocycles. The number of aromatic nitrogens is 2. The Morgan fingerprint density at radius 1 is 0.962 bits per heavy atom. The number of hydrogen-bond acceptors (Lipinski definition) is 3. The second-order valence-corrected chi connectivity index (χ2v) is 6.56. The van der Waals surface area contributed by atoms with Gasteiger partial charge in [-0.2, -0.15) is 0 Å². The SMILES string of the molecule is CCCCCn1c(=N)n(CC(O)COc2ccccc2)c2ccccc21. The van der Waals surface area contributed by atoms with Gasteiger partial charge < -0.3 is 19.0 Å². The van der Waals surface area contributed by atoms with Gasteiger partial charge in [0, 0.05) is 6.54 Å². The molecule has 5 heteroatoms. The molecule has 0 amide bonds. The van der Waals surface area contributed by atoms with Crippen molar-refractivity contribution in [3.05, 3.63) is 60.2 Å². The summed E-state index contributed by atoms with van der Waals surface area (Å²) in [7, 11) is 0. The van der Waals surface area contributed by atoms with Gasteiger partial charge in [0.25, 0.3) is 0 Å². The summed E-state index contributed by atoms with van der Waals surface area (Å²) in [6, 6.07) is 17.5. The number of nitrogens with zero attached hydrogens (tertiary/aromatic N) is 2. The highest BCUT2D eigenvalue weighted by molar-refractivity contribution is 5.75. The predicted octanol–water partition coefficient (Wildman–Crippen LogP) is 3.55. The Bertz CT molecular complexity index is 883. The van der Waals surface area contributed by atoms with Gasteiger partial charge in [-0.1, -0.05) is 50.1 Å². The smallest absolute Gasteiger partial charge is 0.203 e. The number of imidazole rings is 1. The summed E-state index contributed by atoms with van der Waals surface area (Å²) in [5.41, 5.74) is 2.46. The standard InChI is InChI=1S/C21H27N3O2/c1-2-3-9-14-23-19-12-7-8-13-20(19)24(21(23)22)15-17(25)16-26-18-10-5-4-6-11-18/h4-8,10-13,17,22,25H,2-3,9,14-16H2,1H3. The zero-order valence-electron chi connectivity index (χ0n) is 15.3. The van der Waals surface area contributed by atoms with Gasteiger partial charge in [0.1, 0.15) is 18.5 Å². The molecule has 0 bridgehead atoms. The van der Waals surface area contributed by atoms with E-state index < -0.39 is 6.10 Å². The normalized spacial score (nSPS) is 12.4. The van der Waals surface area contributed by atoms with Crippen LogP contribution in [0.3, 0.4) is 0 Å². The third kappa shape index (κ3) is 4.17. The van der Waals surface area contributed by atoms with Crippen LogP contribution in [0.5, 0.6) is 5.75 Å². The average Bonchev–Trinajstić information content (AvgIpc) is 2.93. The number of aliphatic hydroxyl groups excluding tert-OH is 1. The van der Waals surface area contributed by atoms with Crippen molar-refractivity contribution in [1.82, 2.24) is 9.13 Å². The first-order chi connectivity index (χ1) is 12.7. The fraction of sp³-hybridized carbons (Fsp3) is 0.381. The van der Waals surface area contributed by atoms with Gasteiger partial charge >= 0.3 is 0 Å². The Morgan fingerprint density at radius 3 is 2.31 bits per heavy atom. The number of nitrogens with one attached hydrogen (secondary N) is 1. The lowest BCUT2D eigenvalue weighted by atomic mass is 10.2. The van der Waals surface area contributed by atoms with Crippen molar-refractivity contribution in [3.8, 4) is 5.75 Å². The number of aliphatic hydroxyl groups is 1. The van der Waals surface area contributed by atoms with E-state index in [9.17, 15) is 5.11 Å². The van der Waals surface area contributed by atoms with E-state index in [4.69, 9.17) is 10.1 Å². The molecule has 3 aromatic rings. The van der Waals surface area contributed by atoms with Gasteiger partial charge in [-0.15, -0.1) is 0 Å². The Labute approximate surface area is 154 Å². The van der Waals surface area contributed by atoms with Crippen molar-refractivity contribution >= 4 is 11.0 Å². The summed E-state index contributed by atoms with van der Waals surface area (Å²) in [6.07, 6.45) is 2.68. The first-order valence-corrected chi connectivity index (χ1v) is 9.29. The molecule has 1 unspecified atom stereocenters. The molecule has 138 valence electrons. The number of hydrogen-bond donors (Lipinski definition) is 2. The summed E-state index contributed by atoms with van der Waals surface area (Å²) < 4.78 is 9.56. The van der Waals surface area contributed by atoms with Crippen molar-refractivity contribution in [2.45, 2.75) is 45.4 Å². The number of ether oxygens (including phenoxy) is 1. The van der Waals surface area contributed by atoms with E-state index in [2.05, 4.69) is 6.92 Å². The lowest BCUT2D eigenvalue weighted by molar-refractivity contribution is 0.0921. The van der Waals surface area contributed by atoms with E-state index >= 15 is 0 Å². The Morgan fingerprint density at radius 2 is 1.62 bits per heavy atom. The molecule has 0 aliphatic rings. The fourth-order valence-corrected chi connectivity index (χ4v) is 3.20. The van der Waals surface area contributed by atoms with E-state index in [1.54, 1.807) is 0 Å². The molecule has 2 N–H and O–H groups in total. The summed E-state index contributed by atoms with van der Waals surface area (Å²) in [6.45, 7) is 3.55. The molecule has 1 atom stereocenters. The van der Waals surface area contributed by atoms with E-state index in [1.165, 1.54) is 0 Å². The first kappa shape index (κ1) is 18.3. The molecule has 1 heterocycles. The summed E-state index contributed by atoms with van der Waals surface area (Å²) in [5, 5.41) is 19.0. The van der Waals surface area contributed by atoms with Crippen LogP contribution in [0, 0.1) is 5.41 Å². The van der Waals surface area contributed by atoms with Gasteiger partial charge in [-0.3, -0.25) is 5.41 Å². The monoisotopic (exact) mass is 353 g/mol. The van der Waals surface area contributed by atoms with Crippen LogP contribution < -0.4 is 10.4 Å². The van der Waals surface area contributed by atoms with E-state index in [-0.39, 0.29) is 6.61 Å². The predicted molar refractivity (Wildman–Crippen MR) is 103 cm³/mol. The van der Waals surface area contributed by atoms with Crippen LogP contribution in [0.25, 0.3) is 11.0 Å². The molecular formula is C21H27N3O2. The molecular weight excluding hydrogens is 326 g/mol. The van der Waals surface area contributed by atoms with Crippen LogP contribution in [-0.4, -0.2) is 27.0 Å². The maximum atomic E-state index is 10.4. The van der Waals surface area contributed by atoms with Crippen molar-refractivity contribution < 1.29 is 9.84 Å². The molecule has 2 aromatic carbocycles. The van der Waals surface area contributed by atoms with Crippen molar-refractivity contribution in [3.63, 3.8) is 0 Å². The minimum Gasteiger partial charge on any atom is -0.491 e. The van der Waals surface area contributed by atoms with E-state index in [0.717, 1.165) is 42.6 Å². The number of unbranched alkanes of at least 4 members (excludes halogenated alkanes) is 2. The van der Waals surface area contributed by atoms with Crippen LogP contribution in [0.2, 0.25) is 0 Å². The van der Waals surface area contributed by atoms with Gasteiger partial charge in [0.05, 0.1) is 17.6 Å². The number of aryl methyl sites for hydroxylation is 1. The summed E-state index contributed by atoms with van der Waals surface area (Å²) in [4.78, 5) is 0. The Balaban J connectivity index is 1.76.